The van der Waals surface area contributed by atoms with Crippen molar-refractivity contribution in [3.8, 4) is 11.5 Å². The average molecular weight is 341 g/mol. The summed E-state index contributed by atoms with van der Waals surface area (Å²) in [6.45, 7) is 3.47. The van der Waals surface area contributed by atoms with Crippen LogP contribution in [0.25, 0.3) is 0 Å². The number of hydrogen-bond donors (Lipinski definition) is 1. The van der Waals surface area contributed by atoms with Gasteiger partial charge in [-0.1, -0.05) is 30.3 Å². The molecule has 6 nitrogen and oxygen atoms in total. The predicted octanol–water partition coefficient (Wildman–Crippen LogP) is 2.63. The monoisotopic (exact) mass is 341 g/mol. The summed E-state index contributed by atoms with van der Waals surface area (Å²) in [6.07, 6.45) is -0.886. The van der Waals surface area contributed by atoms with Gasteiger partial charge in [0.1, 0.15) is 6.61 Å². The molecule has 0 saturated carbocycles. The van der Waals surface area contributed by atoms with Crippen LogP contribution < -0.4 is 14.8 Å². The molecular weight excluding hydrogens is 322 g/mol. The molecule has 0 unspecified atom stereocenters. The summed E-state index contributed by atoms with van der Waals surface area (Å²) < 4.78 is 16.1. The molecule has 1 aliphatic rings. The Morgan fingerprint density at radius 2 is 1.76 bits per heavy atom. The number of anilines is 1. The van der Waals surface area contributed by atoms with Gasteiger partial charge in [0, 0.05) is 5.69 Å². The molecule has 0 aromatic heterocycles. The number of aryl methyl sites for hydroxylation is 2. The van der Waals surface area contributed by atoms with E-state index < -0.39 is 18.0 Å². The highest BCUT2D eigenvalue weighted by molar-refractivity contribution is 5.94. The number of carbonyl (C=O) groups is 2. The molecule has 1 heterocycles. The first-order valence-corrected chi connectivity index (χ1v) is 7.96. The number of hydrogen-bond acceptors (Lipinski definition) is 5. The van der Waals surface area contributed by atoms with E-state index in [0.29, 0.717) is 11.5 Å². The van der Waals surface area contributed by atoms with E-state index >= 15 is 0 Å². The highest BCUT2D eigenvalue weighted by atomic mass is 16.6. The normalized spacial score (nSPS) is 15.4. The summed E-state index contributed by atoms with van der Waals surface area (Å²) in [5, 5.41) is 2.76. The van der Waals surface area contributed by atoms with Gasteiger partial charge in [0.05, 0.1) is 0 Å². The van der Waals surface area contributed by atoms with Crippen molar-refractivity contribution in [3.63, 3.8) is 0 Å². The van der Waals surface area contributed by atoms with E-state index in [2.05, 4.69) is 5.32 Å². The van der Waals surface area contributed by atoms with Crippen LogP contribution in [0.1, 0.15) is 11.1 Å². The molecule has 2 aromatic rings. The van der Waals surface area contributed by atoms with E-state index in [0.717, 1.165) is 16.8 Å². The molecule has 6 heteroatoms. The first kappa shape index (κ1) is 16.8. The van der Waals surface area contributed by atoms with Gasteiger partial charge in [-0.15, -0.1) is 0 Å². The van der Waals surface area contributed by atoms with Crippen molar-refractivity contribution >= 4 is 17.6 Å². The second-order valence-electron chi connectivity index (χ2n) is 5.79. The number of benzene rings is 2. The van der Waals surface area contributed by atoms with Gasteiger partial charge in [-0.3, -0.25) is 4.79 Å². The van der Waals surface area contributed by atoms with Crippen molar-refractivity contribution in [2.75, 3.05) is 18.5 Å². The molecule has 1 atom stereocenters. The number of para-hydroxylation sites is 3. The molecule has 0 spiro atoms. The fraction of sp³-hybridized carbons (Fsp3) is 0.263. The van der Waals surface area contributed by atoms with Crippen LogP contribution in [0.15, 0.2) is 42.5 Å². The van der Waals surface area contributed by atoms with E-state index in [9.17, 15) is 9.59 Å². The lowest BCUT2D eigenvalue weighted by molar-refractivity contribution is -0.156. The Morgan fingerprint density at radius 3 is 2.48 bits per heavy atom. The van der Waals surface area contributed by atoms with Crippen molar-refractivity contribution in [1.29, 1.82) is 0 Å². The smallest absolute Gasteiger partial charge is 0.351 e. The first-order chi connectivity index (χ1) is 12.0. The number of fused-ring (bicyclic) bond motifs is 1. The highest BCUT2D eigenvalue weighted by Gasteiger charge is 2.29. The minimum Gasteiger partial charge on any atom is -0.485 e. The third kappa shape index (κ3) is 3.91. The number of amides is 1. The number of rotatable bonds is 4. The minimum atomic E-state index is -0.886. The van der Waals surface area contributed by atoms with Gasteiger partial charge in [0.2, 0.25) is 6.10 Å². The zero-order chi connectivity index (χ0) is 17.8. The Hall–Kier alpha value is -3.02. The van der Waals surface area contributed by atoms with Gasteiger partial charge >= 0.3 is 5.97 Å². The molecule has 0 saturated heterocycles. The van der Waals surface area contributed by atoms with Gasteiger partial charge in [-0.2, -0.15) is 0 Å². The molecule has 0 aliphatic carbocycles. The Morgan fingerprint density at radius 1 is 1.08 bits per heavy atom. The summed E-state index contributed by atoms with van der Waals surface area (Å²) in [7, 11) is 0. The first-order valence-electron chi connectivity index (χ1n) is 7.96. The maximum Gasteiger partial charge on any atom is 0.351 e. The summed E-state index contributed by atoms with van der Waals surface area (Å²) in [4.78, 5) is 24.1. The van der Waals surface area contributed by atoms with Crippen molar-refractivity contribution < 1.29 is 23.8 Å². The Balaban J connectivity index is 1.53. The summed E-state index contributed by atoms with van der Waals surface area (Å²) in [5.74, 6) is 0.0315. The topological polar surface area (TPSA) is 73.9 Å². The average Bonchev–Trinajstić information content (AvgIpc) is 2.62. The van der Waals surface area contributed by atoms with E-state index in [-0.39, 0.29) is 13.2 Å². The van der Waals surface area contributed by atoms with Crippen LogP contribution in [0.5, 0.6) is 11.5 Å². The van der Waals surface area contributed by atoms with E-state index in [1.807, 2.05) is 38.1 Å². The van der Waals surface area contributed by atoms with Gasteiger partial charge in [-0.25, -0.2) is 4.79 Å². The van der Waals surface area contributed by atoms with Crippen LogP contribution in [0, 0.1) is 13.8 Å². The zero-order valence-electron chi connectivity index (χ0n) is 14.1. The Labute approximate surface area is 145 Å². The molecule has 130 valence electrons. The largest absolute Gasteiger partial charge is 0.485 e. The van der Waals surface area contributed by atoms with E-state index in [1.54, 1.807) is 18.2 Å². The van der Waals surface area contributed by atoms with Crippen LogP contribution >= 0.6 is 0 Å². The Bertz CT molecular complexity index is 782. The van der Waals surface area contributed by atoms with Gasteiger partial charge in [0.25, 0.3) is 5.91 Å². The van der Waals surface area contributed by atoms with Gasteiger partial charge in [-0.05, 0) is 37.1 Å². The van der Waals surface area contributed by atoms with Crippen LogP contribution in [-0.4, -0.2) is 31.2 Å². The van der Waals surface area contributed by atoms with Gasteiger partial charge in [0.15, 0.2) is 18.1 Å². The predicted molar refractivity (Wildman–Crippen MR) is 91.9 cm³/mol. The maximum atomic E-state index is 12.1. The number of ether oxygens (including phenoxy) is 3. The molecule has 0 bridgehead atoms. The lowest BCUT2D eigenvalue weighted by atomic mass is 10.1. The molecule has 0 fully saturated rings. The van der Waals surface area contributed by atoms with Crippen molar-refractivity contribution in [1.82, 2.24) is 0 Å². The molecule has 1 N–H and O–H groups in total. The molecule has 3 rings (SSSR count). The Kier molecular flexibility index (Phi) is 4.88. The number of carbonyl (C=O) groups excluding carboxylic acids is 2. The molecule has 1 aliphatic heterocycles. The molecule has 0 radical (unpaired) electrons. The fourth-order valence-electron chi connectivity index (χ4n) is 2.55. The number of esters is 1. The molecular formula is C19H19NO5. The van der Waals surface area contributed by atoms with Crippen LogP contribution in [-0.2, 0) is 14.3 Å². The second-order valence-corrected chi connectivity index (χ2v) is 5.79. The lowest BCUT2D eigenvalue weighted by Crippen LogP contribution is -2.39. The lowest BCUT2D eigenvalue weighted by Gasteiger charge is -2.24. The molecule has 25 heavy (non-hydrogen) atoms. The molecule has 1 amide bonds. The number of nitrogens with one attached hydrogen (secondary N) is 1. The van der Waals surface area contributed by atoms with E-state index in [1.165, 1.54) is 0 Å². The van der Waals surface area contributed by atoms with Crippen molar-refractivity contribution in [2.24, 2.45) is 0 Å². The zero-order valence-corrected chi connectivity index (χ0v) is 14.1. The summed E-state index contributed by atoms with van der Waals surface area (Å²) >= 11 is 0. The third-order valence-electron chi connectivity index (χ3n) is 3.86. The quantitative estimate of drug-likeness (QED) is 0.866. The minimum absolute atomic E-state index is 0.0500. The maximum absolute atomic E-state index is 12.1. The van der Waals surface area contributed by atoms with Gasteiger partial charge < -0.3 is 19.5 Å². The van der Waals surface area contributed by atoms with Crippen LogP contribution in [0.4, 0.5) is 5.69 Å². The molecule has 2 aromatic carbocycles. The highest BCUT2D eigenvalue weighted by Crippen LogP contribution is 2.31. The standard InChI is InChI=1S/C19H19NO5/c1-12-6-5-7-13(2)18(12)20-17(21)11-24-19(22)16-10-23-14-8-3-4-9-15(14)25-16/h3-9,16H,10-11H2,1-2H3,(H,20,21)/t16-/m1/s1. The summed E-state index contributed by atoms with van der Waals surface area (Å²) in [5.41, 5.74) is 2.62. The van der Waals surface area contributed by atoms with Crippen LogP contribution in [0.2, 0.25) is 0 Å². The SMILES string of the molecule is Cc1cccc(C)c1NC(=O)COC(=O)[C@H]1COc2ccccc2O1. The summed E-state index contributed by atoms with van der Waals surface area (Å²) in [6, 6.07) is 12.8. The van der Waals surface area contributed by atoms with E-state index in [4.69, 9.17) is 14.2 Å². The van der Waals surface area contributed by atoms with Crippen LogP contribution in [0.3, 0.4) is 0 Å². The fourth-order valence-corrected chi connectivity index (χ4v) is 2.55. The third-order valence-corrected chi connectivity index (χ3v) is 3.86. The van der Waals surface area contributed by atoms with Crippen molar-refractivity contribution in [3.05, 3.63) is 53.6 Å². The van der Waals surface area contributed by atoms with Crippen molar-refractivity contribution in [2.45, 2.75) is 20.0 Å². The second kappa shape index (κ2) is 7.25.